The summed E-state index contributed by atoms with van der Waals surface area (Å²) in [5, 5.41) is 2.81. The Morgan fingerprint density at radius 2 is 1.67 bits per heavy atom. The Morgan fingerprint density at radius 3 is 2.33 bits per heavy atom. The van der Waals surface area contributed by atoms with Crippen LogP contribution in [0.15, 0.2) is 70.4 Å². The van der Waals surface area contributed by atoms with Crippen molar-refractivity contribution in [2.45, 2.75) is 24.7 Å². The van der Waals surface area contributed by atoms with Crippen LogP contribution in [0.25, 0.3) is 5.69 Å². The molecule has 2 aromatic carbocycles. The zero-order valence-corrected chi connectivity index (χ0v) is 16.3. The summed E-state index contributed by atoms with van der Waals surface area (Å²) in [6, 6.07) is 19.5. The monoisotopic (exact) mass is 381 g/mol. The third kappa shape index (κ3) is 4.52. The van der Waals surface area contributed by atoms with Crippen LogP contribution in [0.2, 0.25) is 0 Å². The van der Waals surface area contributed by atoms with Crippen LogP contribution in [-0.4, -0.2) is 21.0 Å². The molecule has 6 heteroatoms. The summed E-state index contributed by atoms with van der Waals surface area (Å²) in [5.74, 6) is 0.731. The minimum absolute atomic E-state index is 0.130. The fourth-order valence-electron chi connectivity index (χ4n) is 2.85. The number of benzene rings is 2. The van der Waals surface area contributed by atoms with E-state index in [0.717, 1.165) is 23.6 Å². The number of hydrogen-bond acceptors (Lipinski definition) is 3. The lowest BCUT2D eigenvalue weighted by atomic mass is 10.3. The molecule has 1 N–H and O–H groups in total. The highest BCUT2D eigenvalue weighted by molar-refractivity contribution is 7.99. The van der Waals surface area contributed by atoms with E-state index >= 15 is 0 Å². The third-order valence-corrected chi connectivity index (χ3v) is 5.48. The van der Waals surface area contributed by atoms with Gasteiger partial charge < -0.3 is 5.32 Å². The molecule has 1 aromatic heterocycles. The maximum absolute atomic E-state index is 12.8. The molecule has 0 aliphatic heterocycles. The lowest BCUT2D eigenvalue weighted by Gasteiger charge is -2.07. The van der Waals surface area contributed by atoms with E-state index in [1.165, 1.54) is 4.90 Å². The number of nitrogens with zero attached hydrogens (tertiary/aromatic N) is 2. The van der Waals surface area contributed by atoms with E-state index in [-0.39, 0.29) is 11.5 Å². The molecule has 0 radical (unpaired) electrons. The number of hydrogen-bond donors (Lipinski definition) is 1. The van der Waals surface area contributed by atoms with E-state index in [4.69, 9.17) is 0 Å². The van der Waals surface area contributed by atoms with Gasteiger partial charge in [-0.3, -0.25) is 14.3 Å². The fourth-order valence-corrected chi connectivity index (χ4v) is 3.73. The first kappa shape index (κ1) is 19.0. The van der Waals surface area contributed by atoms with E-state index < -0.39 is 0 Å². The molecule has 27 heavy (non-hydrogen) atoms. The van der Waals surface area contributed by atoms with Crippen molar-refractivity contribution in [3.8, 4) is 5.69 Å². The van der Waals surface area contributed by atoms with Crippen molar-refractivity contribution in [1.82, 2.24) is 9.36 Å². The van der Waals surface area contributed by atoms with Crippen LogP contribution < -0.4 is 10.9 Å². The van der Waals surface area contributed by atoms with Gasteiger partial charge in [0.05, 0.1) is 11.4 Å². The zero-order chi connectivity index (χ0) is 19.2. The lowest BCUT2D eigenvalue weighted by molar-refractivity contribution is -0.116. The van der Waals surface area contributed by atoms with E-state index in [0.29, 0.717) is 12.1 Å². The summed E-state index contributed by atoms with van der Waals surface area (Å²) in [6.07, 6.45) is 1.14. The maximum atomic E-state index is 12.8. The van der Waals surface area contributed by atoms with Crippen molar-refractivity contribution in [2.75, 3.05) is 11.1 Å². The summed E-state index contributed by atoms with van der Waals surface area (Å²) >= 11 is 1.73. The number of anilines is 1. The van der Waals surface area contributed by atoms with Crippen LogP contribution in [0.5, 0.6) is 0 Å². The highest BCUT2D eigenvalue weighted by atomic mass is 32.2. The maximum Gasteiger partial charge on any atom is 0.295 e. The number of carbonyl (C=O) groups is 1. The predicted octanol–water partition coefficient (Wildman–Crippen LogP) is 4.00. The summed E-state index contributed by atoms with van der Waals surface area (Å²) in [6.45, 7) is 1.84. The summed E-state index contributed by atoms with van der Waals surface area (Å²) in [4.78, 5) is 26.3. The molecule has 0 atom stereocenters. The molecule has 0 unspecified atom stereocenters. The smallest absolute Gasteiger partial charge is 0.295 e. The zero-order valence-electron chi connectivity index (χ0n) is 15.5. The highest BCUT2D eigenvalue weighted by Crippen LogP contribution is 2.19. The van der Waals surface area contributed by atoms with Gasteiger partial charge in [-0.1, -0.05) is 36.4 Å². The Labute approximate surface area is 163 Å². The number of carbonyl (C=O) groups excluding carboxylic acids is 1. The van der Waals surface area contributed by atoms with Crippen molar-refractivity contribution < 1.29 is 4.79 Å². The molecule has 0 aliphatic rings. The molecule has 1 heterocycles. The molecule has 3 rings (SSSR count). The summed E-state index contributed by atoms with van der Waals surface area (Å²) < 4.78 is 3.33. The van der Waals surface area contributed by atoms with Crippen molar-refractivity contribution in [3.05, 3.63) is 76.7 Å². The number of rotatable bonds is 7. The van der Waals surface area contributed by atoms with Gasteiger partial charge in [-0.25, -0.2) is 4.68 Å². The minimum Gasteiger partial charge on any atom is -0.320 e. The lowest BCUT2D eigenvalue weighted by Crippen LogP contribution is -2.22. The summed E-state index contributed by atoms with van der Waals surface area (Å²) in [7, 11) is 1.82. The SMILES string of the molecule is Cc1c(NC(=O)CCCSc2ccccc2)c(=O)n(-c2ccccc2)n1C. The molecular formula is C21H23N3O2S. The molecule has 3 aromatic rings. The Kier molecular flexibility index (Phi) is 6.19. The number of thioether (sulfide) groups is 1. The molecule has 0 saturated carbocycles. The van der Waals surface area contributed by atoms with E-state index in [9.17, 15) is 9.59 Å². The number of aromatic nitrogens is 2. The fraction of sp³-hybridized carbons (Fsp3) is 0.238. The largest absolute Gasteiger partial charge is 0.320 e. The minimum atomic E-state index is -0.215. The first-order valence-corrected chi connectivity index (χ1v) is 9.88. The molecule has 1 amide bonds. The molecular weight excluding hydrogens is 358 g/mol. The molecule has 0 fully saturated rings. The van der Waals surface area contributed by atoms with Crippen LogP contribution in [-0.2, 0) is 11.8 Å². The molecule has 140 valence electrons. The highest BCUT2D eigenvalue weighted by Gasteiger charge is 2.17. The van der Waals surface area contributed by atoms with Gasteiger partial charge in [-0.05, 0) is 43.4 Å². The first-order valence-electron chi connectivity index (χ1n) is 8.89. The Hall–Kier alpha value is -2.73. The molecule has 0 aliphatic carbocycles. The van der Waals surface area contributed by atoms with Gasteiger partial charge in [0.2, 0.25) is 5.91 Å². The standard InChI is InChI=1S/C21H23N3O2S/c1-16-20(21(26)24(23(16)2)17-10-5-3-6-11-17)22-19(25)14-9-15-27-18-12-7-4-8-13-18/h3-8,10-13H,9,14-15H2,1-2H3,(H,22,25). The van der Waals surface area contributed by atoms with Crippen molar-refractivity contribution in [1.29, 1.82) is 0 Å². The molecule has 0 saturated heterocycles. The van der Waals surface area contributed by atoms with Crippen LogP contribution in [0.3, 0.4) is 0 Å². The van der Waals surface area contributed by atoms with Gasteiger partial charge in [0, 0.05) is 18.4 Å². The number of para-hydroxylation sites is 1. The van der Waals surface area contributed by atoms with Crippen LogP contribution in [0, 0.1) is 6.92 Å². The second-order valence-corrected chi connectivity index (χ2v) is 7.42. The predicted molar refractivity (Wildman–Crippen MR) is 111 cm³/mol. The number of nitrogens with one attached hydrogen (secondary N) is 1. The normalized spacial score (nSPS) is 10.7. The van der Waals surface area contributed by atoms with Crippen molar-refractivity contribution in [2.24, 2.45) is 7.05 Å². The third-order valence-electron chi connectivity index (χ3n) is 4.38. The van der Waals surface area contributed by atoms with Crippen molar-refractivity contribution in [3.63, 3.8) is 0 Å². The van der Waals surface area contributed by atoms with Gasteiger partial charge in [0.15, 0.2) is 0 Å². The van der Waals surface area contributed by atoms with Crippen LogP contribution >= 0.6 is 11.8 Å². The Morgan fingerprint density at radius 1 is 1.04 bits per heavy atom. The van der Waals surface area contributed by atoms with Crippen molar-refractivity contribution >= 4 is 23.4 Å². The quantitative estimate of drug-likeness (QED) is 0.497. The average Bonchev–Trinajstić information content (AvgIpc) is 2.90. The topological polar surface area (TPSA) is 56.0 Å². The first-order chi connectivity index (χ1) is 13.1. The van der Waals surface area contributed by atoms with Crippen LogP contribution in [0.4, 0.5) is 5.69 Å². The van der Waals surface area contributed by atoms with E-state index in [1.54, 1.807) is 21.1 Å². The molecule has 5 nitrogen and oxygen atoms in total. The second kappa shape index (κ2) is 8.77. The van der Waals surface area contributed by atoms with Gasteiger partial charge in [0.1, 0.15) is 5.69 Å². The van der Waals surface area contributed by atoms with E-state index in [2.05, 4.69) is 17.4 Å². The Bertz CT molecular complexity index is 962. The van der Waals surface area contributed by atoms with Crippen LogP contribution in [0.1, 0.15) is 18.5 Å². The number of amides is 1. The molecule has 0 spiro atoms. The summed E-state index contributed by atoms with van der Waals surface area (Å²) in [5.41, 5.74) is 1.64. The van der Waals surface area contributed by atoms with Gasteiger partial charge in [-0.15, -0.1) is 11.8 Å². The average molecular weight is 382 g/mol. The second-order valence-electron chi connectivity index (χ2n) is 6.25. The van der Waals surface area contributed by atoms with Gasteiger partial charge in [-0.2, -0.15) is 0 Å². The molecule has 0 bridgehead atoms. The van der Waals surface area contributed by atoms with E-state index in [1.807, 2.05) is 62.5 Å². The Balaban J connectivity index is 1.62. The van der Waals surface area contributed by atoms with Gasteiger partial charge >= 0.3 is 0 Å². The van der Waals surface area contributed by atoms with Gasteiger partial charge in [0.25, 0.3) is 5.56 Å².